The van der Waals surface area contributed by atoms with Gasteiger partial charge in [0.2, 0.25) is 0 Å². The predicted octanol–water partition coefficient (Wildman–Crippen LogP) is 3.47. The quantitative estimate of drug-likeness (QED) is 0.925. The minimum atomic E-state index is -4.57. The molecule has 0 heterocycles. The van der Waals surface area contributed by atoms with Crippen LogP contribution >= 0.6 is 11.6 Å². The second kappa shape index (κ2) is 6.81. The first kappa shape index (κ1) is 16.6. The number of anilines is 1. The fourth-order valence-corrected chi connectivity index (χ4v) is 1.59. The first-order chi connectivity index (χ1) is 9.25. The van der Waals surface area contributed by atoms with E-state index in [1.165, 1.54) is 25.1 Å². The lowest BCUT2D eigenvalue weighted by Crippen LogP contribution is -2.33. The summed E-state index contributed by atoms with van der Waals surface area (Å²) >= 11 is 5.49. The van der Waals surface area contributed by atoms with Crippen molar-refractivity contribution in [3.05, 3.63) is 28.8 Å². The summed E-state index contributed by atoms with van der Waals surface area (Å²) in [5, 5.41) is 1.95. The molecule has 0 fully saturated rings. The van der Waals surface area contributed by atoms with Gasteiger partial charge in [-0.1, -0.05) is 11.6 Å². The zero-order chi connectivity index (χ0) is 15.3. The van der Waals surface area contributed by atoms with Crippen LogP contribution in [0.3, 0.4) is 0 Å². The summed E-state index contributed by atoms with van der Waals surface area (Å²) in [6, 6.07) is 2.66. The van der Waals surface area contributed by atoms with Gasteiger partial charge in [0.15, 0.2) is 0 Å². The number of hydrogen-bond acceptors (Lipinski definition) is 2. The fraction of sp³-hybridized carbons (Fsp3) is 0.417. The van der Waals surface area contributed by atoms with Crippen LogP contribution in [0, 0.1) is 0 Å². The van der Waals surface area contributed by atoms with Crippen LogP contribution in [0.2, 0.25) is 5.02 Å². The Labute approximate surface area is 119 Å². The normalized spacial score (nSPS) is 11.3. The Hall–Kier alpha value is -1.47. The van der Waals surface area contributed by atoms with E-state index in [9.17, 15) is 18.0 Å². The topological polar surface area (TPSA) is 41.6 Å². The molecular weight excluding hydrogens is 297 g/mol. The van der Waals surface area contributed by atoms with Crippen LogP contribution in [-0.4, -0.2) is 38.2 Å². The highest BCUT2D eigenvalue weighted by Crippen LogP contribution is 2.36. The summed E-state index contributed by atoms with van der Waals surface area (Å²) in [4.78, 5) is 13.0. The molecule has 0 saturated carbocycles. The lowest BCUT2D eigenvalue weighted by atomic mass is 10.2. The molecule has 112 valence electrons. The largest absolute Gasteiger partial charge is 0.417 e. The molecule has 1 N–H and O–H groups in total. The number of carbonyl (C=O) groups excluding carboxylic acids is 1. The molecule has 0 aliphatic carbocycles. The number of nitrogens with one attached hydrogen (secondary N) is 1. The number of urea groups is 1. The van der Waals surface area contributed by atoms with Gasteiger partial charge in [-0.2, -0.15) is 13.2 Å². The maximum absolute atomic E-state index is 12.7. The van der Waals surface area contributed by atoms with Gasteiger partial charge >= 0.3 is 12.2 Å². The monoisotopic (exact) mass is 310 g/mol. The van der Waals surface area contributed by atoms with Gasteiger partial charge in [-0.15, -0.1) is 0 Å². The second-order valence-corrected chi connectivity index (χ2v) is 4.44. The molecule has 1 aromatic rings. The van der Waals surface area contributed by atoms with Crippen LogP contribution in [0.25, 0.3) is 0 Å². The molecule has 0 atom stereocenters. The van der Waals surface area contributed by atoms with E-state index >= 15 is 0 Å². The first-order valence-corrected chi connectivity index (χ1v) is 6.01. The van der Waals surface area contributed by atoms with Crippen LogP contribution in [0.5, 0.6) is 0 Å². The molecule has 1 rings (SSSR count). The highest BCUT2D eigenvalue weighted by atomic mass is 35.5. The Kier molecular flexibility index (Phi) is 5.64. The van der Waals surface area contributed by atoms with Crippen molar-refractivity contribution in [1.29, 1.82) is 0 Å². The third-order valence-electron chi connectivity index (χ3n) is 2.50. The third kappa shape index (κ3) is 4.57. The van der Waals surface area contributed by atoms with Crippen molar-refractivity contribution in [3.63, 3.8) is 0 Å². The summed E-state index contributed by atoms with van der Waals surface area (Å²) in [6.07, 6.45) is -4.57. The molecule has 8 heteroatoms. The van der Waals surface area contributed by atoms with Gasteiger partial charge in [0, 0.05) is 26.4 Å². The average molecular weight is 311 g/mol. The van der Waals surface area contributed by atoms with Crippen molar-refractivity contribution in [2.24, 2.45) is 0 Å². The van der Waals surface area contributed by atoms with Crippen molar-refractivity contribution < 1.29 is 22.7 Å². The van der Waals surface area contributed by atoms with Gasteiger partial charge in [0.1, 0.15) is 0 Å². The molecule has 1 aromatic carbocycles. The Balaban J connectivity index is 2.81. The number of alkyl halides is 3. The van der Waals surface area contributed by atoms with E-state index in [1.54, 1.807) is 0 Å². The maximum atomic E-state index is 12.7. The Bertz CT molecular complexity index is 480. The SMILES string of the molecule is COCCN(C)C(=O)Nc1ccc(Cl)c(C(F)(F)F)c1. The molecule has 0 aromatic heterocycles. The molecule has 20 heavy (non-hydrogen) atoms. The summed E-state index contributed by atoms with van der Waals surface area (Å²) in [6.45, 7) is 0.653. The standard InChI is InChI=1S/C12H14ClF3N2O2/c1-18(5-6-20-2)11(19)17-8-3-4-10(13)9(7-8)12(14,15)16/h3-4,7H,5-6H2,1-2H3,(H,17,19). The van der Waals surface area contributed by atoms with E-state index in [1.807, 2.05) is 0 Å². The van der Waals surface area contributed by atoms with Gasteiger partial charge < -0.3 is 15.0 Å². The van der Waals surface area contributed by atoms with E-state index in [2.05, 4.69) is 5.32 Å². The maximum Gasteiger partial charge on any atom is 0.417 e. The minimum absolute atomic E-state index is 0.0241. The average Bonchev–Trinajstić information content (AvgIpc) is 2.36. The van der Waals surface area contributed by atoms with Gasteiger partial charge in [-0.05, 0) is 18.2 Å². The molecule has 0 aliphatic rings. The van der Waals surface area contributed by atoms with Crippen molar-refractivity contribution in [2.75, 3.05) is 32.6 Å². The van der Waals surface area contributed by atoms with E-state index in [0.717, 1.165) is 12.1 Å². The van der Waals surface area contributed by atoms with Gasteiger partial charge in [-0.25, -0.2) is 4.79 Å². The summed E-state index contributed by atoms with van der Waals surface area (Å²) in [7, 11) is 3.00. The number of ether oxygens (including phenoxy) is 1. The summed E-state index contributed by atoms with van der Waals surface area (Å²) in [5.74, 6) is 0. The van der Waals surface area contributed by atoms with Gasteiger partial charge in [-0.3, -0.25) is 0 Å². The lowest BCUT2D eigenvalue weighted by molar-refractivity contribution is -0.137. The van der Waals surface area contributed by atoms with Crippen molar-refractivity contribution in [1.82, 2.24) is 4.90 Å². The summed E-state index contributed by atoms with van der Waals surface area (Å²) < 4.78 is 42.8. The van der Waals surface area contributed by atoms with Crippen molar-refractivity contribution in [2.45, 2.75) is 6.18 Å². The van der Waals surface area contributed by atoms with Crippen LogP contribution in [0.1, 0.15) is 5.56 Å². The third-order valence-corrected chi connectivity index (χ3v) is 2.83. The van der Waals surface area contributed by atoms with Gasteiger partial charge in [0.05, 0.1) is 17.2 Å². The molecule has 2 amide bonds. The Morgan fingerprint density at radius 3 is 2.65 bits per heavy atom. The van der Waals surface area contributed by atoms with Crippen LogP contribution in [-0.2, 0) is 10.9 Å². The predicted molar refractivity (Wildman–Crippen MR) is 70.0 cm³/mol. The number of benzene rings is 1. The van der Waals surface area contributed by atoms with Crippen LogP contribution in [0.4, 0.5) is 23.7 Å². The smallest absolute Gasteiger partial charge is 0.383 e. The number of hydrogen-bond donors (Lipinski definition) is 1. The number of halogens is 4. The second-order valence-electron chi connectivity index (χ2n) is 4.04. The molecule has 0 saturated heterocycles. The number of likely N-dealkylation sites (N-methyl/N-ethyl adjacent to an activating group) is 1. The van der Waals surface area contributed by atoms with Crippen LogP contribution < -0.4 is 5.32 Å². The fourth-order valence-electron chi connectivity index (χ4n) is 1.37. The van der Waals surface area contributed by atoms with E-state index < -0.39 is 22.8 Å². The zero-order valence-corrected chi connectivity index (χ0v) is 11.7. The molecular formula is C12H14ClF3N2O2. The number of amides is 2. The molecule has 0 spiro atoms. The molecule has 0 aliphatic heterocycles. The number of nitrogens with zero attached hydrogens (tertiary/aromatic N) is 1. The minimum Gasteiger partial charge on any atom is -0.383 e. The van der Waals surface area contributed by atoms with E-state index in [4.69, 9.17) is 16.3 Å². The van der Waals surface area contributed by atoms with Crippen molar-refractivity contribution in [3.8, 4) is 0 Å². The molecule has 0 bridgehead atoms. The van der Waals surface area contributed by atoms with Crippen molar-refractivity contribution >= 4 is 23.3 Å². The highest BCUT2D eigenvalue weighted by Gasteiger charge is 2.33. The Morgan fingerprint density at radius 2 is 2.10 bits per heavy atom. The lowest BCUT2D eigenvalue weighted by Gasteiger charge is -2.18. The first-order valence-electron chi connectivity index (χ1n) is 5.63. The number of carbonyl (C=O) groups is 1. The van der Waals surface area contributed by atoms with Crippen LogP contribution in [0.15, 0.2) is 18.2 Å². The van der Waals surface area contributed by atoms with Gasteiger partial charge in [0.25, 0.3) is 0 Å². The molecule has 0 radical (unpaired) electrons. The summed E-state index contributed by atoms with van der Waals surface area (Å²) in [5.41, 5.74) is -0.965. The number of rotatable bonds is 4. The van der Waals surface area contributed by atoms with E-state index in [0.29, 0.717) is 13.2 Å². The highest BCUT2D eigenvalue weighted by molar-refractivity contribution is 6.31. The molecule has 4 nitrogen and oxygen atoms in total. The number of methoxy groups -OCH3 is 1. The Morgan fingerprint density at radius 1 is 1.45 bits per heavy atom. The van der Waals surface area contributed by atoms with E-state index in [-0.39, 0.29) is 5.69 Å². The molecule has 0 unspecified atom stereocenters. The zero-order valence-electron chi connectivity index (χ0n) is 10.9.